The number of thiocarbonyl (C=S) groups is 1. The van der Waals surface area contributed by atoms with Crippen LogP contribution < -0.4 is 16.0 Å². The van der Waals surface area contributed by atoms with E-state index in [4.69, 9.17) is 12.2 Å². The lowest BCUT2D eigenvalue weighted by molar-refractivity contribution is -0.137. The lowest BCUT2D eigenvalue weighted by atomic mass is 9.94. The van der Waals surface area contributed by atoms with Crippen molar-refractivity contribution in [1.29, 1.82) is 0 Å². The Kier molecular flexibility index (Phi) is 5.18. The molecule has 1 heterocycles. The molecule has 1 aliphatic heterocycles. The van der Waals surface area contributed by atoms with Crippen LogP contribution in [0, 0.1) is 0 Å². The Morgan fingerprint density at radius 3 is 2.30 bits per heavy atom. The van der Waals surface area contributed by atoms with Gasteiger partial charge in [0.25, 0.3) is 5.91 Å². The standard InChI is InChI=1S/C19H16F3N3OS/c1-11-15(17(26)24-14-5-3-2-4-6-14)16(25-18(27)23-11)12-7-9-13(10-8-12)19(20,21)22/h2-10,16H,1H3,(H,24,26)(H2,23,25,27). The van der Waals surface area contributed by atoms with E-state index in [1.807, 2.05) is 6.07 Å². The molecule has 8 heteroatoms. The van der Waals surface area contributed by atoms with Gasteiger partial charge in [0, 0.05) is 11.4 Å². The fourth-order valence-electron chi connectivity index (χ4n) is 2.83. The zero-order chi connectivity index (χ0) is 19.6. The van der Waals surface area contributed by atoms with Crippen LogP contribution in [0.5, 0.6) is 0 Å². The molecule has 27 heavy (non-hydrogen) atoms. The molecule has 0 spiro atoms. The second kappa shape index (κ2) is 7.40. The molecule has 1 aliphatic rings. The van der Waals surface area contributed by atoms with E-state index in [9.17, 15) is 18.0 Å². The lowest BCUT2D eigenvalue weighted by Gasteiger charge is -2.30. The molecule has 0 radical (unpaired) electrons. The Hall–Kier alpha value is -2.87. The van der Waals surface area contributed by atoms with E-state index in [0.29, 0.717) is 27.6 Å². The van der Waals surface area contributed by atoms with Gasteiger partial charge in [0.15, 0.2) is 5.11 Å². The minimum Gasteiger partial charge on any atom is -0.351 e. The maximum absolute atomic E-state index is 12.8. The summed E-state index contributed by atoms with van der Waals surface area (Å²) in [6.07, 6.45) is -4.42. The van der Waals surface area contributed by atoms with Gasteiger partial charge in [0.05, 0.1) is 17.2 Å². The third-order valence-electron chi connectivity index (χ3n) is 4.12. The number of alkyl halides is 3. The van der Waals surface area contributed by atoms with Crippen molar-refractivity contribution in [2.45, 2.75) is 19.1 Å². The highest BCUT2D eigenvalue weighted by Crippen LogP contribution is 2.32. The number of para-hydroxylation sites is 1. The van der Waals surface area contributed by atoms with E-state index in [2.05, 4.69) is 16.0 Å². The van der Waals surface area contributed by atoms with E-state index >= 15 is 0 Å². The molecular formula is C19H16F3N3OS. The third kappa shape index (κ3) is 4.28. The van der Waals surface area contributed by atoms with Gasteiger partial charge >= 0.3 is 6.18 Å². The number of anilines is 1. The van der Waals surface area contributed by atoms with Crippen LogP contribution in [0.4, 0.5) is 18.9 Å². The van der Waals surface area contributed by atoms with Crippen molar-refractivity contribution in [1.82, 2.24) is 10.6 Å². The van der Waals surface area contributed by atoms with Crippen LogP contribution in [0.1, 0.15) is 24.1 Å². The van der Waals surface area contributed by atoms with Crippen LogP contribution in [-0.2, 0) is 11.0 Å². The second-order valence-corrected chi connectivity index (χ2v) is 6.42. The average Bonchev–Trinajstić information content (AvgIpc) is 2.61. The first-order valence-corrected chi connectivity index (χ1v) is 8.48. The maximum atomic E-state index is 12.8. The number of hydrogen-bond acceptors (Lipinski definition) is 2. The van der Waals surface area contributed by atoms with Crippen molar-refractivity contribution < 1.29 is 18.0 Å². The van der Waals surface area contributed by atoms with Crippen molar-refractivity contribution in [2.75, 3.05) is 5.32 Å². The summed E-state index contributed by atoms with van der Waals surface area (Å²) in [4.78, 5) is 12.8. The summed E-state index contributed by atoms with van der Waals surface area (Å²) in [6.45, 7) is 1.70. The predicted octanol–water partition coefficient (Wildman–Crippen LogP) is 4.14. The first-order valence-electron chi connectivity index (χ1n) is 8.07. The molecule has 0 fully saturated rings. The molecule has 2 aromatic rings. The second-order valence-electron chi connectivity index (χ2n) is 6.01. The molecule has 1 atom stereocenters. The largest absolute Gasteiger partial charge is 0.416 e. The molecule has 1 unspecified atom stereocenters. The quantitative estimate of drug-likeness (QED) is 0.689. The Balaban J connectivity index is 1.93. The molecule has 0 aromatic heterocycles. The number of nitrogens with one attached hydrogen (secondary N) is 3. The molecule has 3 rings (SSSR count). The molecule has 1 amide bonds. The summed E-state index contributed by atoms with van der Waals surface area (Å²) in [5.41, 5.74) is 1.26. The van der Waals surface area contributed by atoms with Gasteiger partial charge in [-0.05, 0) is 49.0 Å². The summed E-state index contributed by atoms with van der Waals surface area (Å²) in [6, 6.07) is 12.9. The van der Waals surface area contributed by atoms with E-state index in [0.717, 1.165) is 12.1 Å². The number of allylic oxidation sites excluding steroid dienone is 1. The fraction of sp³-hybridized carbons (Fsp3) is 0.158. The van der Waals surface area contributed by atoms with E-state index in [1.165, 1.54) is 12.1 Å². The van der Waals surface area contributed by atoms with Gasteiger partial charge in [0.2, 0.25) is 0 Å². The number of carbonyl (C=O) groups excluding carboxylic acids is 1. The van der Waals surface area contributed by atoms with Crippen LogP contribution in [-0.4, -0.2) is 11.0 Å². The van der Waals surface area contributed by atoms with E-state index in [-0.39, 0.29) is 5.91 Å². The average molecular weight is 391 g/mol. The van der Waals surface area contributed by atoms with Crippen molar-refractivity contribution in [3.8, 4) is 0 Å². The van der Waals surface area contributed by atoms with E-state index in [1.54, 1.807) is 31.2 Å². The minimum absolute atomic E-state index is 0.300. The normalized spacial score (nSPS) is 17.2. The van der Waals surface area contributed by atoms with Gasteiger partial charge < -0.3 is 16.0 Å². The molecule has 2 aromatic carbocycles. The van der Waals surface area contributed by atoms with Crippen LogP contribution in [0.15, 0.2) is 65.9 Å². The van der Waals surface area contributed by atoms with Gasteiger partial charge in [-0.1, -0.05) is 30.3 Å². The monoisotopic (exact) mass is 391 g/mol. The Morgan fingerprint density at radius 1 is 1.07 bits per heavy atom. The lowest BCUT2D eigenvalue weighted by Crippen LogP contribution is -2.45. The number of carbonyl (C=O) groups is 1. The Morgan fingerprint density at radius 2 is 1.70 bits per heavy atom. The molecule has 4 nitrogen and oxygen atoms in total. The van der Waals surface area contributed by atoms with Gasteiger partial charge in [-0.2, -0.15) is 13.2 Å². The number of rotatable bonds is 3. The van der Waals surface area contributed by atoms with Crippen LogP contribution >= 0.6 is 12.2 Å². The number of halogens is 3. The molecule has 0 bridgehead atoms. The predicted molar refractivity (Wildman–Crippen MR) is 101 cm³/mol. The third-order valence-corrected chi connectivity index (χ3v) is 4.34. The molecular weight excluding hydrogens is 375 g/mol. The van der Waals surface area contributed by atoms with Crippen LogP contribution in [0.3, 0.4) is 0 Å². The van der Waals surface area contributed by atoms with Gasteiger partial charge in [-0.3, -0.25) is 4.79 Å². The topological polar surface area (TPSA) is 53.2 Å². The summed E-state index contributed by atoms with van der Waals surface area (Å²) >= 11 is 5.15. The SMILES string of the molecule is CC1=C(C(=O)Nc2ccccc2)C(c2ccc(C(F)(F)F)cc2)NC(=S)N1. The summed E-state index contributed by atoms with van der Waals surface area (Å²) < 4.78 is 38.4. The summed E-state index contributed by atoms with van der Waals surface area (Å²) in [7, 11) is 0. The smallest absolute Gasteiger partial charge is 0.351 e. The van der Waals surface area contributed by atoms with Crippen LogP contribution in [0.2, 0.25) is 0 Å². The number of hydrogen-bond donors (Lipinski definition) is 3. The van der Waals surface area contributed by atoms with Crippen LogP contribution in [0.25, 0.3) is 0 Å². The zero-order valence-corrected chi connectivity index (χ0v) is 15.0. The molecule has 0 saturated heterocycles. The molecule has 0 aliphatic carbocycles. The summed E-state index contributed by atoms with van der Waals surface area (Å²) in [5.74, 6) is -0.369. The molecule has 3 N–H and O–H groups in total. The highest BCUT2D eigenvalue weighted by atomic mass is 32.1. The highest BCUT2D eigenvalue weighted by Gasteiger charge is 2.33. The van der Waals surface area contributed by atoms with Crippen molar-refractivity contribution in [2.24, 2.45) is 0 Å². The van der Waals surface area contributed by atoms with Gasteiger partial charge in [-0.25, -0.2) is 0 Å². The van der Waals surface area contributed by atoms with E-state index < -0.39 is 17.8 Å². The van der Waals surface area contributed by atoms with Gasteiger partial charge in [-0.15, -0.1) is 0 Å². The first-order chi connectivity index (χ1) is 12.8. The number of benzene rings is 2. The Bertz CT molecular complexity index is 893. The highest BCUT2D eigenvalue weighted by molar-refractivity contribution is 7.80. The molecule has 0 saturated carbocycles. The minimum atomic E-state index is -4.42. The number of amides is 1. The first kappa shape index (κ1) is 18.9. The summed E-state index contributed by atoms with van der Waals surface area (Å²) in [5, 5.41) is 8.94. The Labute approximate surface area is 159 Å². The fourth-order valence-corrected chi connectivity index (χ4v) is 3.10. The van der Waals surface area contributed by atoms with Crippen molar-refractivity contribution in [3.63, 3.8) is 0 Å². The maximum Gasteiger partial charge on any atom is 0.416 e. The molecule has 140 valence electrons. The zero-order valence-electron chi connectivity index (χ0n) is 14.2. The van der Waals surface area contributed by atoms with Gasteiger partial charge in [0.1, 0.15) is 0 Å². The van der Waals surface area contributed by atoms with Crippen molar-refractivity contribution >= 4 is 28.9 Å². The van der Waals surface area contributed by atoms with Crippen molar-refractivity contribution in [3.05, 3.63) is 77.0 Å².